The summed E-state index contributed by atoms with van der Waals surface area (Å²) in [6.07, 6.45) is 3.84. The third kappa shape index (κ3) is 2.38. The summed E-state index contributed by atoms with van der Waals surface area (Å²) in [6.45, 7) is 0.737. The molecule has 0 saturated carbocycles. The van der Waals surface area contributed by atoms with E-state index in [0.717, 1.165) is 23.5 Å². The molecule has 0 amide bonds. The molecule has 2 heterocycles. The molecule has 0 saturated heterocycles. The Labute approximate surface area is 111 Å². The Bertz CT molecular complexity index is 690. The van der Waals surface area contributed by atoms with Crippen molar-refractivity contribution in [2.75, 3.05) is 12.4 Å². The van der Waals surface area contributed by atoms with Gasteiger partial charge in [-0.05, 0) is 24.3 Å². The first-order valence-corrected chi connectivity index (χ1v) is 6.16. The number of anilines is 1. The van der Waals surface area contributed by atoms with Crippen molar-refractivity contribution in [1.29, 1.82) is 0 Å². The largest absolute Gasteiger partial charge is 0.497 e. The van der Waals surface area contributed by atoms with Crippen LogP contribution in [-0.2, 0) is 6.54 Å². The number of nitrogens with zero attached hydrogens (tertiary/aromatic N) is 2. The van der Waals surface area contributed by atoms with Gasteiger partial charge in [0.05, 0.1) is 18.8 Å². The zero-order valence-corrected chi connectivity index (χ0v) is 10.7. The maximum Gasteiger partial charge on any atom is 0.120 e. The van der Waals surface area contributed by atoms with E-state index in [-0.39, 0.29) is 0 Å². The maximum atomic E-state index is 5.21. The Morgan fingerprint density at radius 1 is 1.21 bits per heavy atom. The number of benzene rings is 1. The minimum Gasteiger partial charge on any atom is -0.497 e. The molecule has 0 bridgehead atoms. The van der Waals surface area contributed by atoms with Crippen molar-refractivity contribution in [3.8, 4) is 5.75 Å². The monoisotopic (exact) mass is 253 g/mol. The smallest absolute Gasteiger partial charge is 0.120 e. The molecule has 0 aliphatic heterocycles. The lowest BCUT2D eigenvalue weighted by atomic mass is 10.2. The molecule has 4 nitrogen and oxygen atoms in total. The highest BCUT2D eigenvalue weighted by molar-refractivity contribution is 5.56. The predicted molar refractivity (Wildman–Crippen MR) is 75.5 cm³/mol. The number of methoxy groups -OCH3 is 1. The first-order chi connectivity index (χ1) is 9.36. The van der Waals surface area contributed by atoms with E-state index in [1.165, 1.54) is 5.56 Å². The lowest BCUT2D eigenvalue weighted by Crippen LogP contribution is -1.99. The van der Waals surface area contributed by atoms with Crippen molar-refractivity contribution in [3.63, 3.8) is 0 Å². The van der Waals surface area contributed by atoms with Gasteiger partial charge in [0.25, 0.3) is 0 Å². The molecule has 3 rings (SSSR count). The topological polar surface area (TPSA) is 38.6 Å². The summed E-state index contributed by atoms with van der Waals surface area (Å²) >= 11 is 0. The Morgan fingerprint density at radius 3 is 3.05 bits per heavy atom. The van der Waals surface area contributed by atoms with Crippen LogP contribution in [0.15, 0.2) is 54.9 Å². The van der Waals surface area contributed by atoms with Crippen LogP contribution in [0.1, 0.15) is 5.56 Å². The Morgan fingerprint density at radius 2 is 2.16 bits per heavy atom. The number of rotatable bonds is 4. The third-order valence-corrected chi connectivity index (χ3v) is 3.06. The highest BCUT2D eigenvalue weighted by Crippen LogP contribution is 2.18. The highest BCUT2D eigenvalue weighted by atomic mass is 16.5. The molecule has 1 aromatic carbocycles. The second-order valence-electron chi connectivity index (χ2n) is 4.29. The highest BCUT2D eigenvalue weighted by Gasteiger charge is 2.03. The lowest BCUT2D eigenvalue weighted by molar-refractivity contribution is 0.415. The van der Waals surface area contributed by atoms with Gasteiger partial charge in [-0.15, -0.1) is 0 Å². The molecule has 2 aromatic heterocycles. The van der Waals surface area contributed by atoms with Crippen LogP contribution in [0.3, 0.4) is 0 Å². The number of fused-ring (bicyclic) bond motifs is 1. The molecule has 0 fully saturated rings. The van der Waals surface area contributed by atoms with Crippen molar-refractivity contribution in [1.82, 2.24) is 9.61 Å². The van der Waals surface area contributed by atoms with Gasteiger partial charge in [0.15, 0.2) is 0 Å². The van der Waals surface area contributed by atoms with Gasteiger partial charge in [0.1, 0.15) is 5.75 Å². The van der Waals surface area contributed by atoms with Crippen molar-refractivity contribution in [2.24, 2.45) is 0 Å². The van der Waals surface area contributed by atoms with E-state index in [0.29, 0.717) is 0 Å². The van der Waals surface area contributed by atoms with E-state index in [1.54, 1.807) is 7.11 Å². The fourth-order valence-electron chi connectivity index (χ4n) is 2.05. The summed E-state index contributed by atoms with van der Waals surface area (Å²) in [7, 11) is 1.67. The van der Waals surface area contributed by atoms with Gasteiger partial charge in [-0.1, -0.05) is 12.1 Å². The zero-order chi connectivity index (χ0) is 13.1. The standard InChI is InChI=1S/C15H15N3O/c1-19-14-6-4-5-13(9-14)16-10-12-11-17-18-8-3-2-7-15(12)18/h2-9,11,16H,10H2,1H3. The van der Waals surface area contributed by atoms with Crippen LogP contribution in [0.25, 0.3) is 5.52 Å². The van der Waals surface area contributed by atoms with Crippen LogP contribution in [0, 0.1) is 0 Å². The zero-order valence-electron chi connectivity index (χ0n) is 10.7. The number of nitrogens with one attached hydrogen (secondary N) is 1. The van der Waals surface area contributed by atoms with Gasteiger partial charge in [0.2, 0.25) is 0 Å². The Balaban J connectivity index is 1.78. The van der Waals surface area contributed by atoms with Crippen LogP contribution in [0.2, 0.25) is 0 Å². The van der Waals surface area contributed by atoms with E-state index in [9.17, 15) is 0 Å². The van der Waals surface area contributed by atoms with Crippen LogP contribution < -0.4 is 10.1 Å². The summed E-state index contributed by atoms with van der Waals surface area (Å²) in [6, 6.07) is 14.0. The van der Waals surface area contributed by atoms with E-state index in [4.69, 9.17) is 4.74 Å². The van der Waals surface area contributed by atoms with Crippen molar-refractivity contribution < 1.29 is 4.74 Å². The Kier molecular flexibility index (Phi) is 3.06. The van der Waals surface area contributed by atoms with Crippen molar-refractivity contribution >= 4 is 11.2 Å². The number of hydrogen-bond acceptors (Lipinski definition) is 3. The van der Waals surface area contributed by atoms with Gasteiger partial charge in [-0.3, -0.25) is 0 Å². The lowest BCUT2D eigenvalue weighted by Gasteiger charge is -2.07. The SMILES string of the molecule is COc1cccc(NCc2cnn3ccccc23)c1. The molecule has 0 aliphatic rings. The van der Waals surface area contributed by atoms with E-state index < -0.39 is 0 Å². The van der Waals surface area contributed by atoms with Gasteiger partial charge in [-0.25, -0.2) is 4.52 Å². The minimum atomic E-state index is 0.737. The number of hydrogen-bond donors (Lipinski definition) is 1. The molecule has 4 heteroatoms. The molecule has 3 aromatic rings. The maximum absolute atomic E-state index is 5.21. The quantitative estimate of drug-likeness (QED) is 0.777. The molecule has 1 N–H and O–H groups in total. The van der Waals surface area contributed by atoms with Crippen molar-refractivity contribution in [2.45, 2.75) is 6.54 Å². The first kappa shape index (κ1) is 11.6. The molecule has 0 spiro atoms. The fraction of sp³-hybridized carbons (Fsp3) is 0.133. The number of ether oxygens (including phenoxy) is 1. The fourth-order valence-corrected chi connectivity index (χ4v) is 2.05. The number of aromatic nitrogens is 2. The summed E-state index contributed by atoms with van der Waals surface area (Å²) < 4.78 is 7.08. The van der Waals surface area contributed by atoms with Crippen molar-refractivity contribution in [3.05, 3.63) is 60.4 Å². The molecular weight excluding hydrogens is 238 g/mol. The average Bonchev–Trinajstić information content (AvgIpc) is 2.89. The minimum absolute atomic E-state index is 0.737. The van der Waals surface area contributed by atoms with E-state index >= 15 is 0 Å². The van der Waals surface area contributed by atoms with Crippen LogP contribution in [0.4, 0.5) is 5.69 Å². The molecule has 0 aliphatic carbocycles. The second kappa shape index (κ2) is 5.02. The first-order valence-electron chi connectivity index (χ1n) is 6.16. The summed E-state index contributed by atoms with van der Waals surface area (Å²) in [5, 5.41) is 7.70. The molecule has 19 heavy (non-hydrogen) atoms. The van der Waals surface area contributed by atoms with Gasteiger partial charge in [0, 0.05) is 30.1 Å². The van der Waals surface area contributed by atoms with E-state index in [2.05, 4.69) is 16.5 Å². The van der Waals surface area contributed by atoms with Gasteiger partial charge >= 0.3 is 0 Å². The van der Waals surface area contributed by atoms with Gasteiger partial charge in [-0.2, -0.15) is 5.10 Å². The number of pyridine rings is 1. The predicted octanol–water partition coefficient (Wildman–Crippen LogP) is 2.96. The molecule has 96 valence electrons. The Hall–Kier alpha value is -2.49. The van der Waals surface area contributed by atoms with Crippen LogP contribution in [-0.4, -0.2) is 16.7 Å². The third-order valence-electron chi connectivity index (χ3n) is 3.06. The van der Waals surface area contributed by atoms with Crippen LogP contribution >= 0.6 is 0 Å². The summed E-state index contributed by atoms with van der Waals surface area (Å²) in [5.74, 6) is 0.852. The summed E-state index contributed by atoms with van der Waals surface area (Å²) in [5.41, 5.74) is 3.33. The second-order valence-corrected chi connectivity index (χ2v) is 4.29. The van der Waals surface area contributed by atoms with Gasteiger partial charge < -0.3 is 10.1 Å². The molecular formula is C15H15N3O. The molecule has 0 atom stereocenters. The molecule has 0 radical (unpaired) electrons. The summed E-state index contributed by atoms with van der Waals surface area (Å²) in [4.78, 5) is 0. The average molecular weight is 253 g/mol. The molecule has 0 unspecified atom stereocenters. The van der Waals surface area contributed by atoms with E-state index in [1.807, 2.05) is 53.3 Å². The van der Waals surface area contributed by atoms with Crippen LogP contribution in [0.5, 0.6) is 5.75 Å². The normalized spacial score (nSPS) is 10.6.